The van der Waals surface area contributed by atoms with E-state index in [1.54, 1.807) is 0 Å². The Kier molecular flexibility index (Phi) is 5.15. The lowest BCUT2D eigenvalue weighted by Crippen LogP contribution is -2.41. The molecule has 2 heterocycles. The fourth-order valence-corrected chi connectivity index (χ4v) is 2.71. The van der Waals surface area contributed by atoms with E-state index in [0.717, 1.165) is 29.6 Å². The van der Waals surface area contributed by atoms with Gasteiger partial charge in [0.2, 0.25) is 0 Å². The predicted molar refractivity (Wildman–Crippen MR) is 76.7 cm³/mol. The Morgan fingerprint density at radius 1 is 1.50 bits per heavy atom. The van der Waals surface area contributed by atoms with Crippen LogP contribution in [0.3, 0.4) is 0 Å². The van der Waals surface area contributed by atoms with Gasteiger partial charge in [-0.15, -0.1) is 0 Å². The second-order valence-electron chi connectivity index (χ2n) is 4.90. The van der Waals surface area contributed by atoms with Gasteiger partial charge < -0.3 is 10.1 Å². The monoisotopic (exact) mass is 312 g/mol. The Balaban J connectivity index is 1.99. The van der Waals surface area contributed by atoms with Crippen LogP contribution in [-0.2, 0) is 11.2 Å². The van der Waals surface area contributed by atoms with Gasteiger partial charge in [-0.3, -0.25) is 4.98 Å². The van der Waals surface area contributed by atoms with E-state index >= 15 is 0 Å². The summed E-state index contributed by atoms with van der Waals surface area (Å²) in [5.74, 6) is 0. The van der Waals surface area contributed by atoms with Gasteiger partial charge in [-0.25, -0.2) is 0 Å². The molecule has 0 radical (unpaired) electrons. The van der Waals surface area contributed by atoms with Crippen LogP contribution in [0.25, 0.3) is 0 Å². The minimum Gasteiger partial charge on any atom is -0.374 e. The van der Waals surface area contributed by atoms with Crippen LogP contribution >= 0.6 is 15.9 Å². The molecule has 0 saturated carbocycles. The number of nitrogens with one attached hydrogen (secondary N) is 1. The van der Waals surface area contributed by atoms with Gasteiger partial charge in [-0.2, -0.15) is 0 Å². The summed E-state index contributed by atoms with van der Waals surface area (Å²) in [5, 5.41) is 3.53. The zero-order valence-electron chi connectivity index (χ0n) is 11.0. The molecule has 0 spiro atoms. The van der Waals surface area contributed by atoms with E-state index in [2.05, 4.69) is 46.1 Å². The van der Waals surface area contributed by atoms with Crippen LogP contribution in [0.15, 0.2) is 22.8 Å². The maximum atomic E-state index is 5.97. The number of hydrogen-bond acceptors (Lipinski definition) is 3. The molecule has 1 aliphatic rings. The zero-order chi connectivity index (χ0) is 13.0. The molecule has 1 aromatic rings. The van der Waals surface area contributed by atoms with Gasteiger partial charge in [0.15, 0.2) is 0 Å². The minimum absolute atomic E-state index is 0.324. The Hall–Kier alpha value is -0.450. The summed E-state index contributed by atoms with van der Waals surface area (Å²) < 4.78 is 7.00. The molecular formula is C14H21BrN2O. The zero-order valence-corrected chi connectivity index (χ0v) is 12.6. The van der Waals surface area contributed by atoms with Crippen molar-refractivity contribution in [2.75, 3.05) is 6.54 Å². The van der Waals surface area contributed by atoms with Gasteiger partial charge in [0.1, 0.15) is 0 Å². The van der Waals surface area contributed by atoms with Crippen LogP contribution in [0.4, 0.5) is 0 Å². The molecular weight excluding hydrogens is 292 g/mol. The quantitative estimate of drug-likeness (QED) is 0.907. The van der Waals surface area contributed by atoms with Gasteiger partial charge in [0.05, 0.1) is 12.2 Å². The average molecular weight is 313 g/mol. The van der Waals surface area contributed by atoms with Crippen LogP contribution in [0, 0.1) is 0 Å². The number of nitrogens with zero attached hydrogens (tertiary/aromatic N) is 1. The molecule has 100 valence electrons. The summed E-state index contributed by atoms with van der Waals surface area (Å²) in [5.41, 5.74) is 1.12. The molecule has 0 amide bonds. The fraction of sp³-hybridized carbons (Fsp3) is 0.643. The number of hydrogen-bond donors (Lipinski definition) is 1. The van der Waals surface area contributed by atoms with E-state index in [9.17, 15) is 0 Å². The summed E-state index contributed by atoms with van der Waals surface area (Å²) in [6.07, 6.45) is 5.82. The SMILES string of the molecule is CCNC(Cc1ccc(Br)cn1)C1CCC(C)O1. The molecule has 3 unspecified atom stereocenters. The largest absolute Gasteiger partial charge is 0.374 e. The first kappa shape index (κ1) is 14.0. The topological polar surface area (TPSA) is 34.2 Å². The molecule has 1 N–H and O–H groups in total. The van der Waals surface area contributed by atoms with Gasteiger partial charge in [0, 0.05) is 28.8 Å². The molecule has 3 atom stereocenters. The second kappa shape index (κ2) is 6.64. The van der Waals surface area contributed by atoms with Crippen molar-refractivity contribution in [3.05, 3.63) is 28.5 Å². The highest BCUT2D eigenvalue weighted by Gasteiger charge is 2.29. The third-order valence-corrected chi connectivity index (χ3v) is 3.87. The molecule has 0 bridgehead atoms. The van der Waals surface area contributed by atoms with Crippen molar-refractivity contribution >= 4 is 15.9 Å². The van der Waals surface area contributed by atoms with Crippen molar-refractivity contribution in [3.63, 3.8) is 0 Å². The van der Waals surface area contributed by atoms with E-state index < -0.39 is 0 Å². The first-order valence-electron chi connectivity index (χ1n) is 6.68. The van der Waals surface area contributed by atoms with Crippen molar-refractivity contribution in [2.24, 2.45) is 0 Å². The number of likely N-dealkylation sites (N-methyl/N-ethyl adjacent to an activating group) is 1. The summed E-state index contributed by atoms with van der Waals surface area (Å²) in [7, 11) is 0. The molecule has 4 heteroatoms. The fourth-order valence-electron chi connectivity index (χ4n) is 2.48. The predicted octanol–water partition coefficient (Wildman–Crippen LogP) is 2.93. The average Bonchev–Trinajstić information content (AvgIpc) is 2.78. The molecule has 3 nitrogen and oxygen atoms in total. The maximum absolute atomic E-state index is 5.97. The highest BCUT2D eigenvalue weighted by atomic mass is 79.9. The number of pyridine rings is 1. The highest BCUT2D eigenvalue weighted by Crippen LogP contribution is 2.23. The summed E-state index contributed by atoms with van der Waals surface area (Å²) >= 11 is 3.41. The Labute approximate surface area is 117 Å². The van der Waals surface area contributed by atoms with Gasteiger partial charge in [-0.1, -0.05) is 6.92 Å². The summed E-state index contributed by atoms with van der Waals surface area (Å²) in [6.45, 7) is 5.26. The number of rotatable bonds is 5. The summed E-state index contributed by atoms with van der Waals surface area (Å²) in [4.78, 5) is 4.45. The molecule has 18 heavy (non-hydrogen) atoms. The normalized spacial score (nSPS) is 25.3. The lowest BCUT2D eigenvalue weighted by molar-refractivity contribution is 0.0322. The van der Waals surface area contributed by atoms with Crippen LogP contribution in [0.1, 0.15) is 32.4 Å². The number of halogens is 1. The standard InChI is InChI=1S/C14H21BrN2O/c1-3-16-13(14-7-4-10(2)18-14)8-12-6-5-11(15)9-17-12/h5-6,9-10,13-14,16H,3-4,7-8H2,1-2H3. The van der Waals surface area contributed by atoms with Gasteiger partial charge in [-0.05, 0) is 54.4 Å². The van der Waals surface area contributed by atoms with Crippen molar-refractivity contribution < 1.29 is 4.74 Å². The van der Waals surface area contributed by atoms with Gasteiger partial charge in [0.25, 0.3) is 0 Å². The van der Waals surface area contributed by atoms with Crippen LogP contribution in [-0.4, -0.2) is 29.8 Å². The molecule has 1 fully saturated rings. The summed E-state index contributed by atoms with van der Waals surface area (Å²) in [6, 6.07) is 4.49. The first-order valence-corrected chi connectivity index (χ1v) is 7.47. The minimum atomic E-state index is 0.324. The number of aromatic nitrogens is 1. The van der Waals surface area contributed by atoms with Crippen molar-refractivity contribution in [3.8, 4) is 0 Å². The molecule has 0 aromatic carbocycles. The lowest BCUT2D eigenvalue weighted by Gasteiger charge is -2.24. The van der Waals surface area contributed by atoms with Crippen LogP contribution in [0.2, 0.25) is 0 Å². The highest BCUT2D eigenvalue weighted by molar-refractivity contribution is 9.10. The Morgan fingerprint density at radius 3 is 2.89 bits per heavy atom. The number of ether oxygens (including phenoxy) is 1. The smallest absolute Gasteiger partial charge is 0.0736 e. The van der Waals surface area contributed by atoms with Gasteiger partial charge >= 0.3 is 0 Å². The van der Waals surface area contributed by atoms with E-state index in [0.29, 0.717) is 18.2 Å². The third-order valence-electron chi connectivity index (χ3n) is 3.40. The molecule has 1 aromatic heterocycles. The Morgan fingerprint density at radius 2 is 2.33 bits per heavy atom. The van der Waals surface area contributed by atoms with E-state index in [1.807, 2.05) is 12.3 Å². The van der Waals surface area contributed by atoms with Crippen molar-refractivity contribution in [2.45, 2.75) is 51.4 Å². The van der Waals surface area contributed by atoms with Crippen molar-refractivity contribution in [1.29, 1.82) is 0 Å². The van der Waals surface area contributed by atoms with Crippen LogP contribution in [0.5, 0.6) is 0 Å². The maximum Gasteiger partial charge on any atom is 0.0736 e. The first-order chi connectivity index (χ1) is 8.69. The van der Waals surface area contributed by atoms with Crippen molar-refractivity contribution in [1.82, 2.24) is 10.3 Å². The van der Waals surface area contributed by atoms with E-state index in [4.69, 9.17) is 4.74 Å². The third kappa shape index (κ3) is 3.77. The molecule has 2 rings (SSSR count). The second-order valence-corrected chi connectivity index (χ2v) is 5.81. The van der Waals surface area contributed by atoms with E-state index in [1.165, 1.54) is 6.42 Å². The molecule has 1 aliphatic heterocycles. The lowest BCUT2D eigenvalue weighted by atomic mass is 10.0. The molecule has 1 saturated heterocycles. The molecule has 0 aliphatic carbocycles. The van der Waals surface area contributed by atoms with Crippen LogP contribution < -0.4 is 5.32 Å². The Bertz CT molecular complexity index is 369. The van der Waals surface area contributed by atoms with E-state index in [-0.39, 0.29) is 0 Å².